The van der Waals surface area contributed by atoms with Crippen LogP contribution in [0.2, 0.25) is 0 Å². The van der Waals surface area contributed by atoms with Gasteiger partial charge in [0.1, 0.15) is 0 Å². The summed E-state index contributed by atoms with van der Waals surface area (Å²) in [6.45, 7) is 4.05. The molecular formula is C24H27N5O4. The summed E-state index contributed by atoms with van der Waals surface area (Å²) >= 11 is 0. The summed E-state index contributed by atoms with van der Waals surface area (Å²) in [5, 5.41) is 28.6. The van der Waals surface area contributed by atoms with E-state index < -0.39 is 0 Å². The average molecular weight is 450 g/mol. The first kappa shape index (κ1) is 23.8. The number of nitro groups is 2. The average Bonchev–Trinajstić information content (AvgIpc) is 2.84. The van der Waals surface area contributed by atoms with Crippen LogP contribution in [0, 0.1) is 20.2 Å². The Morgan fingerprint density at radius 3 is 1.61 bits per heavy atom. The topological polar surface area (TPSA) is 114 Å². The standard InChI is InChI=1S/C24H27N5O4/c30-28(31)23-10-4-6-20(16-23)18-25-12-14-27(22-8-2-1-3-9-22)15-13-26-19-21-7-5-11-24(17-21)29(32)33/h1-11,16-17,25-26H,12-15,18-19H2. The van der Waals surface area contributed by atoms with E-state index in [1.54, 1.807) is 24.3 Å². The van der Waals surface area contributed by atoms with Gasteiger partial charge in [0.05, 0.1) is 9.85 Å². The molecule has 0 aromatic heterocycles. The third-order valence-electron chi connectivity index (χ3n) is 5.14. The van der Waals surface area contributed by atoms with Crippen molar-refractivity contribution in [3.8, 4) is 0 Å². The van der Waals surface area contributed by atoms with Gasteiger partial charge < -0.3 is 15.5 Å². The number of para-hydroxylation sites is 1. The van der Waals surface area contributed by atoms with Gasteiger partial charge in [0.2, 0.25) is 0 Å². The summed E-state index contributed by atoms with van der Waals surface area (Å²) in [6, 6.07) is 23.3. The zero-order valence-corrected chi connectivity index (χ0v) is 18.2. The van der Waals surface area contributed by atoms with Gasteiger partial charge in [-0.3, -0.25) is 20.2 Å². The predicted octanol–water partition coefficient (Wildman–Crippen LogP) is 3.89. The highest BCUT2D eigenvalue weighted by molar-refractivity contribution is 5.46. The van der Waals surface area contributed by atoms with Gasteiger partial charge in [0, 0.05) is 69.2 Å². The molecule has 2 N–H and O–H groups in total. The molecule has 0 atom stereocenters. The molecule has 33 heavy (non-hydrogen) atoms. The SMILES string of the molecule is O=[N+]([O-])c1cccc(CNCCN(CCNCc2cccc([N+](=O)[O-])c2)c2ccccc2)c1. The normalized spacial score (nSPS) is 10.7. The molecule has 0 radical (unpaired) electrons. The lowest BCUT2D eigenvalue weighted by atomic mass is 10.2. The zero-order valence-electron chi connectivity index (χ0n) is 18.2. The number of rotatable bonds is 13. The van der Waals surface area contributed by atoms with Crippen LogP contribution in [-0.4, -0.2) is 36.0 Å². The molecule has 0 fully saturated rings. The van der Waals surface area contributed by atoms with E-state index in [-0.39, 0.29) is 21.2 Å². The minimum Gasteiger partial charge on any atom is -0.369 e. The van der Waals surface area contributed by atoms with Gasteiger partial charge in [0.25, 0.3) is 11.4 Å². The van der Waals surface area contributed by atoms with Crippen molar-refractivity contribution in [2.75, 3.05) is 31.1 Å². The van der Waals surface area contributed by atoms with E-state index in [1.165, 1.54) is 12.1 Å². The Morgan fingerprint density at radius 1 is 0.667 bits per heavy atom. The van der Waals surface area contributed by atoms with Gasteiger partial charge >= 0.3 is 0 Å². The summed E-state index contributed by atoms with van der Waals surface area (Å²) < 4.78 is 0. The molecule has 0 aliphatic carbocycles. The Hall–Kier alpha value is -3.82. The summed E-state index contributed by atoms with van der Waals surface area (Å²) in [6.07, 6.45) is 0. The summed E-state index contributed by atoms with van der Waals surface area (Å²) in [5.74, 6) is 0. The van der Waals surface area contributed by atoms with Crippen LogP contribution in [0.5, 0.6) is 0 Å². The lowest BCUT2D eigenvalue weighted by molar-refractivity contribution is -0.385. The first-order chi connectivity index (χ1) is 16.0. The Kier molecular flexibility index (Phi) is 8.87. The number of nitrogens with one attached hydrogen (secondary N) is 2. The van der Waals surface area contributed by atoms with Crippen LogP contribution in [0.3, 0.4) is 0 Å². The quantitative estimate of drug-likeness (QED) is 0.231. The van der Waals surface area contributed by atoms with E-state index in [0.717, 1.165) is 29.9 Å². The monoisotopic (exact) mass is 449 g/mol. The molecule has 3 aromatic carbocycles. The van der Waals surface area contributed by atoms with E-state index in [1.807, 2.05) is 30.3 Å². The van der Waals surface area contributed by atoms with Gasteiger partial charge in [-0.05, 0) is 23.3 Å². The molecule has 9 heteroatoms. The van der Waals surface area contributed by atoms with Crippen LogP contribution >= 0.6 is 0 Å². The molecule has 0 bridgehead atoms. The van der Waals surface area contributed by atoms with Crippen LogP contribution in [0.4, 0.5) is 17.1 Å². The van der Waals surface area contributed by atoms with Gasteiger partial charge in [-0.25, -0.2) is 0 Å². The maximum Gasteiger partial charge on any atom is 0.269 e. The highest BCUT2D eigenvalue weighted by Crippen LogP contribution is 2.15. The molecule has 9 nitrogen and oxygen atoms in total. The second-order valence-electron chi connectivity index (χ2n) is 7.53. The number of nitrogens with zero attached hydrogens (tertiary/aromatic N) is 3. The first-order valence-corrected chi connectivity index (χ1v) is 10.7. The molecule has 0 heterocycles. The van der Waals surface area contributed by atoms with Crippen molar-refractivity contribution in [2.45, 2.75) is 13.1 Å². The second kappa shape index (κ2) is 12.3. The molecular weight excluding hydrogens is 422 g/mol. The minimum absolute atomic E-state index is 0.0926. The molecule has 0 saturated carbocycles. The molecule has 3 aromatic rings. The van der Waals surface area contributed by atoms with Crippen molar-refractivity contribution < 1.29 is 9.85 Å². The van der Waals surface area contributed by atoms with E-state index in [9.17, 15) is 20.2 Å². The third-order valence-corrected chi connectivity index (χ3v) is 5.14. The number of nitro benzene ring substituents is 2. The molecule has 0 saturated heterocycles. The van der Waals surface area contributed by atoms with Crippen LogP contribution in [0.1, 0.15) is 11.1 Å². The van der Waals surface area contributed by atoms with Gasteiger partial charge in [-0.1, -0.05) is 42.5 Å². The number of hydrogen-bond acceptors (Lipinski definition) is 7. The fourth-order valence-electron chi connectivity index (χ4n) is 3.46. The Balaban J connectivity index is 1.48. The van der Waals surface area contributed by atoms with Gasteiger partial charge in [0.15, 0.2) is 0 Å². The van der Waals surface area contributed by atoms with Crippen LogP contribution < -0.4 is 15.5 Å². The van der Waals surface area contributed by atoms with Gasteiger partial charge in [-0.2, -0.15) is 0 Å². The lowest BCUT2D eigenvalue weighted by Gasteiger charge is -2.25. The zero-order chi connectivity index (χ0) is 23.5. The van der Waals surface area contributed by atoms with Crippen molar-refractivity contribution in [1.82, 2.24) is 10.6 Å². The van der Waals surface area contributed by atoms with E-state index in [2.05, 4.69) is 27.7 Å². The lowest BCUT2D eigenvalue weighted by Crippen LogP contribution is -2.36. The maximum atomic E-state index is 10.9. The molecule has 0 aliphatic heterocycles. The molecule has 3 rings (SSSR count). The van der Waals surface area contributed by atoms with Crippen LogP contribution in [-0.2, 0) is 13.1 Å². The summed E-state index contributed by atoms with van der Waals surface area (Å²) in [5.41, 5.74) is 3.03. The smallest absolute Gasteiger partial charge is 0.269 e. The molecule has 0 spiro atoms. The number of anilines is 1. The number of hydrogen-bond donors (Lipinski definition) is 2. The highest BCUT2D eigenvalue weighted by atomic mass is 16.6. The van der Waals surface area contributed by atoms with Crippen molar-refractivity contribution in [1.29, 1.82) is 0 Å². The van der Waals surface area contributed by atoms with Crippen LogP contribution in [0.15, 0.2) is 78.9 Å². The fourth-order valence-corrected chi connectivity index (χ4v) is 3.46. The van der Waals surface area contributed by atoms with Gasteiger partial charge in [-0.15, -0.1) is 0 Å². The number of benzene rings is 3. The molecule has 0 amide bonds. The van der Waals surface area contributed by atoms with Crippen molar-refractivity contribution in [3.63, 3.8) is 0 Å². The Labute approximate surface area is 192 Å². The van der Waals surface area contributed by atoms with E-state index >= 15 is 0 Å². The largest absolute Gasteiger partial charge is 0.369 e. The Bertz CT molecular complexity index is 996. The van der Waals surface area contributed by atoms with Crippen molar-refractivity contribution in [2.24, 2.45) is 0 Å². The van der Waals surface area contributed by atoms with Crippen molar-refractivity contribution >= 4 is 17.1 Å². The fraction of sp³-hybridized carbons (Fsp3) is 0.250. The third kappa shape index (κ3) is 7.67. The van der Waals surface area contributed by atoms with E-state index in [0.29, 0.717) is 26.2 Å². The maximum absolute atomic E-state index is 10.9. The number of non-ortho nitro benzene ring substituents is 2. The van der Waals surface area contributed by atoms with E-state index in [4.69, 9.17) is 0 Å². The summed E-state index contributed by atoms with van der Waals surface area (Å²) in [4.78, 5) is 23.3. The highest BCUT2D eigenvalue weighted by Gasteiger charge is 2.08. The molecule has 172 valence electrons. The minimum atomic E-state index is -0.388. The Morgan fingerprint density at radius 2 is 1.15 bits per heavy atom. The first-order valence-electron chi connectivity index (χ1n) is 10.7. The summed E-state index contributed by atoms with van der Waals surface area (Å²) in [7, 11) is 0. The van der Waals surface area contributed by atoms with Crippen LogP contribution in [0.25, 0.3) is 0 Å². The second-order valence-corrected chi connectivity index (χ2v) is 7.53. The molecule has 0 aliphatic rings. The molecule has 0 unspecified atom stereocenters. The van der Waals surface area contributed by atoms with Crippen molar-refractivity contribution in [3.05, 3.63) is 110 Å². The predicted molar refractivity (Wildman–Crippen MR) is 128 cm³/mol.